The molecule has 1 N–H and O–H groups in total. The summed E-state index contributed by atoms with van der Waals surface area (Å²) in [5.41, 5.74) is 2.68. The van der Waals surface area contributed by atoms with Gasteiger partial charge in [-0.1, -0.05) is 36.4 Å². The quantitative estimate of drug-likeness (QED) is 0.370. The van der Waals surface area contributed by atoms with Crippen molar-refractivity contribution >= 4 is 21.7 Å². The summed E-state index contributed by atoms with van der Waals surface area (Å²) >= 11 is 0. The molecular formula is C25H23N3O5S. The molecule has 0 bridgehead atoms. The van der Waals surface area contributed by atoms with Gasteiger partial charge in [0.05, 0.1) is 10.5 Å². The molecule has 0 aliphatic carbocycles. The fourth-order valence-electron chi connectivity index (χ4n) is 3.31. The van der Waals surface area contributed by atoms with E-state index in [0.29, 0.717) is 17.1 Å². The maximum atomic E-state index is 13.0. The normalized spacial score (nSPS) is 12.2. The smallest absolute Gasteiger partial charge is 0.338 e. The number of rotatable bonds is 7. The summed E-state index contributed by atoms with van der Waals surface area (Å²) in [6, 6.07) is 20.6. The molecule has 1 aromatic heterocycles. The first kappa shape index (κ1) is 23.2. The largest absolute Gasteiger partial charge is 0.449 e. The maximum Gasteiger partial charge on any atom is 0.338 e. The van der Waals surface area contributed by atoms with Gasteiger partial charge in [-0.2, -0.15) is 0 Å². The highest BCUT2D eigenvalue weighted by Gasteiger charge is 2.23. The Bertz CT molecular complexity index is 1430. The van der Waals surface area contributed by atoms with E-state index in [2.05, 4.69) is 14.9 Å². The fourth-order valence-corrected chi connectivity index (χ4v) is 4.63. The third kappa shape index (κ3) is 5.15. The number of sulfonamides is 1. The average molecular weight is 478 g/mol. The van der Waals surface area contributed by atoms with E-state index in [4.69, 9.17) is 9.15 Å². The van der Waals surface area contributed by atoms with E-state index in [1.165, 1.54) is 12.1 Å². The lowest BCUT2D eigenvalue weighted by molar-refractivity contribution is 0.0279. The topological polar surface area (TPSA) is 111 Å². The van der Waals surface area contributed by atoms with Crippen LogP contribution in [0.3, 0.4) is 0 Å². The van der Waals surface area contributed by atoms with Gasteiger partial charge in [-0.25, -0.2) is 13.2 Å². The second-order valence-electron chi connectivity index (χ2n) is 7.81. The zero-order chi connectivity index (χ0) is 24.3. The maximum absolute atomic E-state index is 13.0. The van der Waals surface area contributed by atoms with E-state index in [-0.39, 0.29) is 16.3 Å². The average Bonchev–Trinajstić information content (AvgIpc) is 3.30. The van der Waals surface area contributed by atoms with Gasteiger partial charge in [0.15, 0.2) is 6.10 Å². The van der Waals surface area contributed by atoms with E-state index in [0.717, 1.165) is 11.1 Å². The molecule has 0 radical (unpaired) electrons. The first-order chi connectivity index (χ1) is 16.2. The van der Waals surface area contributed by atoms with E-state index >= 15 is 0 Å². The van der Waals surface area contributed by atoms with Crippen molar-refractivity contribution < 1.29 is 22.4 Å². The number of hydrogen-bond donors (Lipinski definition) is 1. The van der Waals surface area contributed by atoms with Crippen molar-refractivity contribution in [2.24, 2.45) is 0 Å². The molecule has 9 heteroatoms. The van der Waals surface area contributed by atoms with Crippen LogP contribution in [-0.4, -0.2) is 24.6 Å². The van der Waals surface area contributed by atoms with E-state index in [1.807, 2.05) is 43.3 Å². The van der Waals surface area contributed by atoms with Crippen LogP contribution in [0.15, 0.2) is 82.1 Å². The van der Waals surface area contributed by atoms with Gasteiger partial charge in [0, 0.05) is 11.3 Å². The van der Waals surface area contributed by atoms with Crippen LogP contribution in [0.5, 0.6) is 0 Å². The molecule has 0 amide bonds. The standard InChI is InChI=1S/C25H23N3O5S/c1-16-8-7-11-21(14-16)28-34(30,31)22-15-20(13-12-17(22)2)25(29)32-18(3)23-26-27-24(33-23)19-9-5-4-6-10-19/h4-15,18,28H,1-3H3. The molecule has 4 rings (SSSR count). The van der Waals surface area contributed by atoms with Crippen LogP contribution in [0.25, 0.3) is 11.5 Å². The molecule has 0 fully saturated rings. The number of carbonyl (C=O) groups is 1. The van der Waals surface area contributed by atoms with Crippen molar-refractivity contribution in [2.45, 2.75) is 31.8 Å². The summed E-state index contributed by atoms with van der Waals surface area (Å²) in [5, 5.41) is 7.96. The van der Waals surface area contributed by atoms with Gasteiger partial charge in [-0.05, 0) is 68.3 Å². The van der Waals surface area contributed by atoms with Gasteiger partial charge in [0.25, 0.3) is 15.9 Å². The van der Waals surface area contributed by atoms with Crippen LogP contribution < -0.4 is 4.72 Å². The lowest BCUT2D eigenvalue weighted by Gasteiger charge is -2.13. The highest BCUT2D eigenvalue weighted by Crippen LogP contribution is 2.25. The van der Waals surface area contributed by atoms with Gasteiger partial charge in [-0.15, -0.1) is 10.2 Å². The van der Waals surface area contributed by atoms with Crippen LogP contribution in [0.4, 0.5) is 5.69 Å². The second-order valence-corrected chi connectivity index (χ2v) is 9.47. The molecule has 0 aliphatic heterocycles. The minimum atomic E-state index is -3.92. The SMILES string of the molecule is Cc1cccc(NS(=O)(=O)c2cc(C(=O)OC(C)c3nnc(-c4ccccc4)o3)ccc2C)c1. The van der Waals surface area contributed by atoms with Crippen molar-refractivity contribution in [1.82, 2.24) is 10.2 Å². The van der Waals surface area contributed by atoms with Crippen molar-refractivity contribution in [1.29, 1.82) is 0 Å². The number of hydrogen-bond acceptors (Lipinski definition) is 7. The van der Waals surface area contributed by atoms with Crippen molar-refractivity contribution in [3.05, 3.63) is 95.4 Å². The molecule has 4 aromatic rings. The number of aryl methyl sites for hydroxylation is 2. The van der Waals surface area contributed by atoms with Crippen LogP contribution in [0, 0.1) is 13.8 Å². The number of aromatic nitrogens is 2. The molecule has 34 heavy (non-hydrogen) atoms. The molecule has 174 valence electrons. The summed E-state index contributed by atoms with van der Waals surface area (Å²) in [4.78, 5) is 12.8. The summed E-state index contributed by atoms with van der Waals surface area (Å²) in [6.07, 6.45) is -0.829. The van der Waals surface area contributed by atoms with Gasteiger partial charge in [0.2, 0.25) is 5.89 Å². The van der Waals surface area contributed by atoms with Crippen LogP contribution in [0.1, 0.15) is 40.4 Å². The minimum absolute atomic E-state index is 0.0136. The molecule has 3 aromatic carbocycles. The molecule has 0 aliphatic rings. The summed E-state index contributed by atoms with van der Waals surface area (Å²) in [7, 11) is -3.92. The van der Waals surface area contributed by atoms with Gasteiger partial charge < -0.3 is 9.15 Å². The van der Waals surface area contributed by atoms with Crippen molar-refractivity contribution in [2.75, 3.05) is 4.72 Å². The van der Waals surface area contributed by atoms with Crippen LogP contribution in [0.2, 0.25) is 0 Å². The van der Waals surface area contributed by atoms with Crippen LogP contribution >= 0.6 is 0 Å². The Kier molecular flexibility index (Phi) is 6.47. The first-order valence-electron chi connectivity index (χ1n) is 10.5. The predicted molar refractivity (Wildman–Crippen MR) is 127 cm³/mol. The molecular weight excluding hydrogens is 454 g/mol. The molecule has 0 saturated carbocycles. The second kappa shape index (κ2) is 9.48. The lowest BCUT2D eigenvalue weighted by Crippen LogP contribution is -2.16. The van der Waals surface area contributed by atoms with Gasteiger partial charge in [-0.3, -0.25) is 4.72 Å². The Hall–Kier alpha value is -3.98. The number of nitrogens with one attached hydrogen (secondary N) is 1. The third-order valence-electron chi connectivity index (χ3n) is 5.08. The summed E-state index contributed by atoms with van der Waals surface area (Å²) < 4.78 is 39.6. The zero-order valence-corrected chi connectivity index (χ0v) is 19.7. The molecule has 1 unspecified atom stereocenters. The number of nitrogens with zero attached hydrogens (tertiary/aromatic N) is 2. The predicted octanol–water partition coefficient (Wildman–Crippen LogP) is 5.07. The van der Waals surface area contributed by atoms with Crippen LogP contribution in [-0.2, 0) is 14.8 Å². The minimum Gasteiger partial charge on any atom is -0.449 e. The van der Waals surface area contributed by atoms with Gasteiger partial charge >= 0.3 is 5.97 Å². The Morgan fingerprint density at radius 1 is 0.971 bits per heavy atom. The Morgan fingerprint density at radius 2 is 1.74 bits per heavy atom. The van der Waals surface area contributed by atoms with Crippen molar-refractivity contribution in [3.63, 3.8) is 0 Å². The lowest BCUT2D eigenvalue weighted by atomic mass is 10.1. The van der Waals surface area contributed by atoms with Crippen molar-refractivity contribution in [3.8, 4) is 11.5 Å². The highest BCUT2D eigenvalue weighted by atomic mass is 32.2. The summed E-state index contributed by atoms with van der Waals surface area (Å²) in [6.45, 7) is 5.13. The number of anilines is 1. The molecule has 1 atom stereocenters. The Labute approximate surface area is 197 Å². The summed E-state index contributed by atoms with van der Waals surface area (Å²) in [5.74, 6) is -0.267. The van der Waals surface area contributed by atoms with E-state index < -0.39 is 22.1 Å². The monoisotopic (exact) mass is 477 g/mol. The molecule has 8 nitrogen and oxygen atoms in total. The van der Waals surface area contributed by atoms with Gasteiger partial charge in [0.1, 0.15) is 0 Å². The number of esters is 1. The molecule has 0 spiro atoms. The van der Waals surface area contributed by atoms with E-state index in [9.17, 15) is 13.2 Å². The number of benzene rings is 3. The van der Waals surface area contributed by atoms with E-state index in [1.54, 1.807) is 38.1 Å². The first-order valence-corrected chi connectivity index (χ1v) is 12.0. The molecule has 1 heterocycles. The highest BCUT2D eigenvalue weighted by molar-refractivity contribution is 7.92. The zero-order valence-electron chi connectivity index (χ0n) is 18.8. The number of ether oxygens (including phenoxy) is 1. The molecule has 0 saturated heterocycles. The fraction of sp³-hybridized carbons (Fsp3) is 0.160. The number of carbonyl (C=O) groups excluding carboxylic acids is 1. The third-order valence-corrected chi connectivity index (χ3v) is 6.60. The Morgan fingerprint density at radius 3 is 2.47 bits per heavy atom. The Balaban J connectivity index is 1.52.